The standard InChI is InChI=1S/C17H11N3O4S2/c21-19(22)12-4-8-14(9-5-12)25-16-2-1-3-17(18-16)26-15-10-6-13(7-11-15)20(23)24/h1-11H. The smallest absolute Gasteiger partial charge is 0.258 e. The van der Waals surface area contributed by atoms with E-state index in [-0.39, 0.29) is 11.4 Å². The number of nitro benzene ring substituents is 2. The second-order valence-electron chi connectivity index (χ2n) is 5.02. The number of hydrogen-bond donors (Lipinski definition) is 0. The lowest BCUT2D eigenvalue weighted by Crippen LogP contribution is -1.88. The number of nitrogens with zero attached hydrogens (tertiary/aromatic N) is 3. The third-order valence-electron chi connectivity index (χ3n) is 3.24. The zero-order chi connectivity index (χ0) is 18.5. The van der Waals surface area contributed by atoms with Crippen LogP contribution in [0.4, 0.5) is 11.4 Å². The highest BCUT2D eigenvalue weighted by atomic mass is 32.2. The molecule has 0 fully saturated rings. The van der Waals surface area contributed by atoms with E-state index < -0.39 is 9.85 Å². The van der Waals surface area contributed by atoms with Gasteiger partial charge in [-0.05, 0) is 36.4 Å². The molecule has 130 valence electrons. The van der Waals surface area contributed by atoms with Gasteiger partial charge in [-0.15, -0.1) is 0 Å². The number of hydrogen-bond acceptors (Lipinski definition) is 7. The second-order valence-corrected chi connectivity index (χ2v) is 7.21. The SMILES string of the molecule is O=[N+]([O-])c1ccc(Sc2cccc(Sc3ccc([N+](=O)[O-])cc3)n2)cc1. The highest BCUT2D eigenvalue weighted by Crippen LogP contribution is 2.32. The summed E-state index contributed by atoms with van der Waals surface area (Å²) >= 11 is 2.81. The summed E-state index contributed by atoms with van der Waals surface area (Å²) in [7, 11) is 0. The van der Waals surface area contributed by atoms with Crippen molar-refractivity contribution in [3.05, 3.63) is 87.0 Å². The van der Waals surface area contributed by atoms with Crippen LogP contribution in [0.3, 0.4) is 0 Å². The molecule has 26 heavy (non-hydrogen) atoms. The summed E-state index contributed by atoms with van der Waals surface area (Å²) in [5.41, 5.74) is 0.0922. The van der Waals surface area contributed by atoms with Crippen molar-refractivity contribution in [2.45, 2.75) is 19.8 Å². The van der Waals surface area contributed by atoms with E-state index in [2.05, 4.69) is 4.98 Å². The minimum atomic E-state index is -0.436. The van der Waals surface area contributed by atoms with Gasteiger partial charge in [0.2, 0.25) is 0 Å². The predicted molar refractivity (Wildman–Crippen MR) is 98.7 cm³/mol. The van der Waals surface area contributed by atoms with Crippen LogP contribution in [0.1, 0.15) is 0 Å². The number of rotatable bonds is 6. The molecule has 0 aliphatic heterocycles. The van der Waals surface area contributed by atoms with Gasteiger partial charge in [0, 0.05) is 34.1 Å². The molecule has 0 amide bonds. The van der Waals surface area contributed by atoms with Gasteiger partial charge in [0.15, 0.2) is 0 Å². The van der Waals surface area contributed by atoms with E-state index >= 15 is 0 Å². The van der Waals surface area contributed by atoms with E-state index in [0.29, 0.717) is 0 Å². The van der Waals surface area contributed by atoms with Crippen molar-refractivity contribution < 1.29 is 9.85 Å². The predicted octanol–water partition coefficient (Wildman–Crippen LogP) is 5.20. The summed E-state index contributed by atoms with van der Waals surface area (Å²) in [5, 5.41) is 22.9. The van der Waals surface area contributed by atoms with Gasteiger partial charge in [-0.3, -0.25) is 20.2 Å². The van der Waals surface area contributed by atoms with Crippen molar-refractivity contribution in [3.63, 3.8) is 0 Å². The molecule has 0 atom stereocenters. The highest BCUT2D eigenvalue weighted by Gasteiger charge is 2.08. The molecular formula is C17H11N3O4S2. The van der Waals surface area contributed by atoms with Gasteiger partial charge in [0.1, 0.15) is 10.1 Å². The van der Waals surface area contributed by atoms with E-state index in [1.807, 2.05) is 18.2 Å². The van der Waals surface area contributed by atoms with Crippen LogP contribution in [0.5, 0.6) is 0 Å². The number of benzene rings is 2. The van der Waals surface area contributed by atoms with Gasteiger partial charge in [-0.2, -0.15) is 0 Å². The van der Waals surface area contributed by atoms with Crippen LogP contribution in [0.15, 0.2) is 86.6 Å². The van der Waals surface area contributed by atoms with Crippen LogP contribution in [0, 0.1) is 20.2 Å². The van der Waals surface area contributed by atoms with Crippen molar-refractivity contribution >= 4 is 34.9 Å². The zero-order valence-electron chi connectivity index (χ0n) is 13.1. The Labute approximate surface area is 156 Å². The fourth-order valence-corrected chi connectivity index (χ4v) is 3.69. The van der Waals surface area contributed by atoms with Crippen LogP contribution < -0.4 is 0 Å². The van der Waals surface area contributed by atoms with Gasteiger partial charge >= 0.3 is 0 Å². The molecule has 0 spiro atoms. The first-order valence-corrected chi connectivity index (χ1v) is 8.96. The first-order valence-electron chi connectivity index (χ1n) is 7.33. The van der Waals surface area contributed by atoms with Crippen LogP contribution in [0.2, 0.25) is 0 Å². The van der Waals surface area contributed by atoms with E-state index in [1.54, 1.807) is 24.3 Å². The molecule has 0 N–H and O–H groups in total. The largest absolute Gasteiger partial charge is 0.269 e. The minimum absolute atomic E-state index is 0.0461. The van der Waals surface area contributed by atoms with Gasteiger partial charge in [0.05, 0.1) is 9.85 Å². The Bertz CT molecular complexity index is 872. The Morgan fingerprint density at radius 2 is 1.04 bits per heavy atom. The van der Waals surface area contributed by atoms with E-state index in [0.717, 1.165) is 19.8 Å². The summed E-state index contributed by atoms with van der Waals surface area (Å²) in [6, 6.07) is 18.1. The van der Waals surface area contributed by atoms with Crippen molar-refractivity contribution in [2.24, 2.45) is 0 Å². The Hall–Kier alpha value is -2.91. The van der Waals surface area contributed by atoms with Gasteiger partial charge in [-0.1, -0.05) is 29.6 Å². The quantitative estimate of drug-likeness (QED) is 0.425. The number of aromatic nitrogens is 1. The molecule has 3 aromatic rings. The molecule has 9 heteroatoms. The lowest BCUT2D eigenvalue weighted by molar-refractivity contribution is -0.385. The molecule has 0 saturated heterocycles. The Morgan fingerprint density at radius 1 is 0.654 bits per heavy atom. The normalized spacial score (nSPS) is 10.5. The van der Waals surface area contributed by atoms with Crippen LogP contribution in [-0.4, -0.2) is 14.8 Å². The topological polar surface area (TPSA) is 99.2 Å². The Kier molecular flexibility index (Phi) is 5.49. The molecule has 1 heterocycles. The average Bonchev–Trinajstić information content (AvgIpc) is 2.63. The number of non-ortho nitro benzene ring substituents is 2. The molecule has 7 nitrogen and oxygen atoms in total. The lowest BCUT2D eigenvalue weighted by atomic mass is 10.3. The van der Waals surface area contributed by atoms with E-state index in [9.17, 15) is 20.2 Å². The van der Waals surface area contributed by atoms with Gasteiger partial charge in [0.25, 0.3) is 11.4 Å². The summed E-state index contributed by atoms with van der Waals surface area (Å²) in [5.74, 6) is 0. The van der Waals surface area contributed by atoms with Crippen molar-refractivity contribution in [2.75, 3.05) is 0 Å². The molecule has 3 rings (SSSR count). The summed E-state index contributed by atoms with van der Waals surface area (Å²) < 4.78 is 0. The second kappa shape index (κ2) is 7.98. The fourth-order valence-electron chi connectivity index (χ4n) is 2.02. The summed E-state index contributed by atoms with van der Waals surface area (Å²) in [6.07, 6.45) is 0. The molecule has 0 bridgehead atoms. The van der Waals surface area contributed by atoms with E-state index in [1.165, 1.54) is 47.8 Å². The monoisotopic (exact) mass is 385 g/mol. The van der Waals surface area contributed by atoms with Gasteiger partial charge < -0.3 is 0 Å². The van der Waals surface area contributed by atoms with Crippen molar-refractivity contribution in [1.82, 2.24) is 4.98 Å². The molecule has 0 saturated carbocycles. The average molecular weight is 385 g/mol. The summed E-state index contributed by atoms with van der Waals surface area (Å²) in [4.78, 5) is 26.7. The molecule has 2 aromatic carbocycles. The molecule has 0 aliphatic rings. The number of nitro groups is 2. The van der Waals surface area contributed by atoms with Gasteiger partial charge in [-0.25, -0.2) is 4.98 Å². The van der Waals surface area contributed by atoms with Crippen LogP contribution in [0.25, 0.3) is 0 Å². The first kappa shape index (κ1) is 17.9. The third kappa shape index (κ3) is 4.58. The number of pyridine rings is 1. The Morgan fingerprint density at radius 3 is 1.38 bits per heavy atom. The third-order valence-corrected chi connectivity index (χ3v) is 5.13. The van der Waals surface area contributed by atoms with Crippen molar-refractivity contribution in [3.8, 4) is 0 Å². The minimum Gasteiger partial charge on any atom is -0.258 e. The molecular weight excluding hydrogens is 374 g/mol. The molecule has 0 radical (unpaired) electrons. The fraction of sp³-hybridized carbons (Fsp3) is 0. The lowest BCUT2D eigenvalue weighted by Gasteiger charge is -2.04. The highest BCUT2D eigenvalue weighted by molar-refractivity contribution is 8.00. The maximum atomic E-state index is 10.7. The molecule has 0 unspecified atom stereocenters. The maximum Gasteiger partial charge on any atom is 0.269 e. The van der Waals surface area contributed by atoms with Crippen LogP contribution in [-0.2, 0) is 0 Å². The maximum absolute atomic E-state index is 10.7. The van der Waals surface area contributed by atoms with Crippen molar-refractivity contribution in [1.29, 1.82) is 0 Å². The van der Waals surface area contributed by atoms with E-state index in [4.69, 9.17) is 0 Å². The Balaban J connectivity index is 1.71. The zero-order valence-corrected chi connectivity index (χ0v) is 14.8. The molecule has 1 aromatic heterocycles. The summed E-state index contributed by atoms with van der Waals surface area (Å²) in [6.45, 7) is 0. The first-order chi connectivity index (χ1) is 12.5. The molecule has 0 aliphatic carbocycles. The van der Waals surface area contributed by atoms with Crippen LogP contribution >= 0.6 is 23.5 Å².